The molecule has 1 saturated heterocycles. The average molecular weight is 484 g/mol. The Labute approximate surface area is 208 Å². The molecule has 4 aromatic rings. The van der Waals surface area contributed by atoms with Gasteiger partial charge in [-0.3, -0.25) is 9.59 Å². The van der Waals surface area contributed by atoms with E-state index in [1.807, 2.05) is 36.4 Å². The van der Waals surface area contributed by atoms with Gasteiger partial charge in [0, 0.05) is 36.6 Å². The van der Waals surface area contributed by atoms with Gasteiger partial charge in [0.1, 0.15) is 5.82 Å². The van der Waals surface area contributed by atoms with Crippen LogP contribution in [0, 0.1) is 5.82 Å². The zero-order valence-electron chi connectivity index (χ0n) is 19.7. The Morgan fingerprint density at radius 3 is 2.39 bits per heavy atom. The molecule has 0 saturated carbocycles. The van der Waals surface area contributed by atoms with Crippen molar-refractivity contribution in [1.29, 1.82) is 0 Å². The van der Waals surface area contributed by atoms with Gasteiger partial charge in [-0.15, -0.1) is 0 Å². The molecule has 5 rings (SSSR count). The summed E-state index contributed by atoms with van der Waals surface area (Å²) in [7, 11) is 0. The van der Waals surface area contributed by atoms with E-state index in [2.05, 4.69) is 0 Å². The number of aromatic nitrogens is 2. The number of fused-ring (bicyclic) bond motifs is 1. The van der Waals surface area contributed by atoms with Crippen LogP contribution in [0.15, 0.2) is 72.8 Å². The number of hydrogen-bond donors (Lipinski definition) is 1. The number of hydrogen-bond acceptors (Lipinski definition) is 4. The molecule has 1 aliphatic rings. The number of carboxylic acids is 1. The molecule has 2 heterocycles. The number of carbonyl (C=O) groups is 2. The second-order valence-corrected chi connectivity index (χ2v) is 9.15. The summed E-state index contributed by atoms with van der Waals surface area (Å²) in [6.07, 6.45) is 1.97. The number of nitrogens with zero attached hydrogens (tertiary/aromatic N) is 3. The van der Waals surface area contributed by atoms with Crippen LogP contribution in [-0.2, 0) is 11.2 Å². The van der Waals surface area contributed by atoms with Gasteiger partial charge in [-0.2, -0.15) is 0 Å². The number of unbranched alkanes of at least 4 members (excludes halogenated alkanes) is 1. The molecule has 1 fully saturated rings. The first kappa shape index (κ1) is 23.6. The minimum atomic E-state index is -0.807. The zero-order valence-corrected chi connectivity index (χ0v) is 19.7. The van der Waals surface area contributed by atoms with E-state index in [0.29, 0.717) is 48.9 Å². The largest absolute Gasteiger partial charge is 0.481 e. The van der Waals surface area contributed by atoms with Gasteiger partial charge < -0.3 is 10.0 Å². The van der Waals surface area contributed by atoms with Crippen molar-refractivity contribution in [2.75, 3.05) is 13.1 Å². The maximum absolute atomic E-state index is 13.2. The summed E-state index contributed by atoms with van der Waals surface area (Å²) in [6.45, 7) is 1.19. The predicted molar refractivity (Wildman–Crippen MR) is 135 cm³/mol. The van der Waals surface area contributed by atoms with Crippen LogP contribution in [0.1, 0.15) is 46.8 Å². The van der Waals surface area contributed by atoms with Crippen LogP contribution in [-0.4, -0.2) is 44.9 Å². The van der Waals surface area contributed by atoms with Crippen molar-refractivity contribution in [3.8, 4) is 11.3 Å². The summed E-state index contributed by atoms with van der Waals surface area (Å²) in [5.41, 5.74) is 5.46. The van der Waals surface area contributed by atoms with Crippen LogP contribution in [0.3, 0.4) is 0 Å². The highest BCUT2D eigenvalue weighted by Crippen LogP contribution is 2.30. The van der Waals surface area contributed by atoms with Gasteiger partial charge in [-0.25, -0.2) is 14.4 Å². The number of amides is 1. The van der Waals surface area contributed by atoms with Crippen molar-refractivity contribution < 1.29 is 19.1 Å². The number of likely N-dealkylation sites (tertiary alicyclic amines) is 1. The van der Waals surface area contributed by atoms with Gasteiger partial charge in [0.2, 0.25) is 0 Å². The van der Waals surface area contributed by atoms with Crippen molar-refractivity contribution in [3.05, 3.63) is 95.4 Å². The number of carboxylic acid groups (broad SMARTS) is 1. The Kier molecular flexibility index (Phi) is 6.71. The summed E-state index contributed by atoms with van der Waals surface area (Å²) in [6, 6.07) is 21.6. The molecule has 0 unspecified atom stereocenters. The Morgan fingerprint density at radius 1 is 0.917 bits per heavy atom. The van der Waals surface area contributed by atoms with Crippen molar-refractivity contribution in [3.63, 3.8) is 0 Å². The van der Waals surface area contributed by atoms with E-state index in [4.69, 9.17) is 15.1 Å². The quantitative estimate of drug-likeness (QED) is 0.336. The van der Waals surface area contributed by atoms with Gasteiger partial charge in [-0.05, 0) is 55.2 Å². The normalized spacial score (nSPS) is 13.5. The fourth-order valence-electron chi connectivity index (χ4n) is 4.57. The van der Waals surface area contributed by atoms with Crippen molar-refractivity contribution in [2.45, 2.75) is 31.6 Å². The maximum atomic E-state index is 13.2. The summed E-state index contributed by atoms with van der Waals surface area (Å²) < 4.78 is 13.2. The van der Waals surface area contributed by atoms with E-state index in [-0.39, 0.29) is 24.1 Å². The minimum absolute atomic E-state index is 0.0628. The van der Waals surface area contributed by atoms with Crippen LogP contribution in [0.4, 0.5) is 4.39 Å². The molecule has 1 aromatic heterocycles. The monoisotopic (exact) mass is 483 g/mol. The van der Waals surface area contributed by atoms with E-state index in [0.717, 1.165) is 22.5 Å². The fraction of sp³-hybridized carbons (Fsp3) is 0.241. The highest BCUT2D eigenvalue weighted by Gasteiger charge is 2.32. The van der Waals surface area contributed by atoms with E-state index in [1.54, 1.807) is 29.2 Å². The second-order valence-electron chi connectivity index (χ2n) is 9.15. The lowest BCUT2D eigenvalue weighted by molar-refractivity contribution is -0.137. The van der Waals surface area contributed by atoms with Crippen molar-refractivity contribution in [2.24, 2.45) is 0 Å². The summed E-state index contributed by atoms with van der Waals surface area (Å²) in [4.78, 5) is 35.5. The van der Waals surface area contributed by atoms with Crippen molar-refractivity contribution in [1.82, 2.24) is 14.9 Å². The Morgan fingerprint density at radius 2 is 1.67 bits per heavy atom. The molecular weight excluding hydrogens is 457 g/mol. The Hall–Kier alpha value is -4.13. The molecule has 0 radical (unpaired) electrons. The molecule has 0 bridgehead atoms. The number of halogens is 1. The van der Waals surface area contributed by atoms with Gasteiger partial charge in [-0.1, -0.05) is 42.5 Å². The Bertz CT molecular complexity index is 1400. The molecule has 0 aliphatic carbocycles. The average Bonchev–Trinajstić information content (AvgIpc) is 2.86. The highest BCUT2D eigenvalue weighted by molar-refractivity contribution is 5.98. The first-order valence-corrected chi connectivity index (χ1v) is 12.1. The molecule has 0 atom stereocenters. The van der Waals surface area contributed by atoms with Crippen molar-refractivity contribution >= 4 is 22.9 Å². The summed E-state index contributed by atoms with van der Waals surface area (Å²) in [5, 5.41) is 8.95. The van der Waals surface area contributed by atoms with Crippen LogP contribution in [0.25, 0.3) is 22.3 Å². The fourth-order valence-corrected chi connectivity index (χ4v) is 4.57. The first-order chi connectivity index (χ1) is 17.5. The van der Waals surface area contributed by atoms with E-state index in [9.17, 15) is 14.0 Å². The molecule has 7 heteroatoms. The molecule has 3 aromatic carbocycles. The van der Waals surface area contributed by atoms with Crippen LogP contribution < -0.4 is 0 Å². The molecule has 1 amide bonds. The van der Waals surface area contributed by atoms with Gasteiger partial charge >= 0.3 is 5.97 Å². The minimum Gasteiger partial charge on any atom is -0.481 e. The van der Waals surface area contributed by atoms with Gasteiger partial charge in [0.15, 0.2) is 0 Å². The zero-order chi connectivity index (χ0) is 25.1. The molecule has 36 heavy (non-hydrogen) atoms. The first-order valence-electron chi connectivity index (χ1n) is 12.1. The van der Waals surface area contributed by atoms with E-state index >= 15 is 0 Å². The lowest BCUT2D eigenvalue weighted by Gasteiger charge is -2.39. The standard InChI is InChI=1S/C29H26FN3O3/c30-23-13-10-19(11-14-23)22-17-33(18-22)29(36)21-12-15-24-26(16-21)31-25(8-4-5-9-27(34)35)28(32-24)20-6-2-1-3-7-20/h1-3,6-7,10-16,22H,4-5,8-9,17-18H2,(H,34,35). The van der Waals surface area contributed by atoms with Crippen LogP contribution >= 0.6 is 0 Å². The Balaban J connectivity index is 1.37. The molecular formula is C29H26FN3O3. The third kappa shape index (κ3) is 5.10. The molecule has 6 nitrogen and oxygen atoms in total. The summed E-state index contributed by atoms with van der Waals surface area (Å²) >= 11 is 0. The SMILES string of the molecule is O=C(O)CCCCc1nc2cc(C(=O)N3CC(c4ccc(F)cc4)C3)ccc2nc1-c1ccccc1. The van der Waals surface area contributed by atoms with Crippen LogP contribution in [0.2, 0.25) is 0 Å². The van der Waals surface area contributed by atoms with E-state index < -0.39 is 5.97 Å². The predicted octanol–water partition coefficient (Wildman–Crippen LogP) is 5.47. The molecule has 182 valence electrons. The topological polar surface area (TPSA) is 83.4 Å². The number of aliphatic carboxylic acids is 1. The van der Waals surface area contributed by atoms with E-state index in [1.165, 1.54) is 12.1 Å². The lowest BCUT2D eigenvalue weighted by Crippen LogP contribution is -2.48. The van der Waals surface area contributed by atoms with Crippen LogP contribution in [0.5, 0.6) is 0 Å². The number of carbonyl (C=O) groups excluding carboxylic acids is 1. The molecule has 0 spiro atoms. The number of benzene rings is 3. The molecule has 1 N–H and O–H groups in total. The smallest absolute Gasteiger partial charge is 0.303 e. The third-order valence-electron chi connectivity index (χ3n) is 6.59. The lowest BCUT2D eigenvalue weighted by atomic mass is 9.91. The summed E-state index contributed by atoms with van der Waals surface area (Å²) in [5.74, 6) is -0.925. The van der Waals surface area contributed by atoms with Gasteiger partial charge in [0.25, 0.3) is 5.91 Å². The number of aryl methyl sites for hydroxylation is 1. The highest BCUT2D eigenvalue weighted by atomic mass is 19.1. The number of rotatable bonds is 8. The third-order valence-corrected chi connectivity index (χ3v) is 6.59. The maximum Gasteiger partial charge on any atom is 0.303 e. The van der Waals surface area contributed by atoms with Gasteiger partial charge in [0.05, 0.1) is 22.4 Å². The molecule has 1 aliphatic heterocycles. The second kappa shape index (κ2) is 10.2.